The Morgan fingerprint density at radius 2 is 2.14 bits per heavy atom. The van der Waals surface area contributed by atoms with Crippen LogP contribution in [0.25, 0.3) is 0 Å². The molecule has 4 heteroatoms. The third-order valence-electron chi connectivity index (χ3n) is 3.69. The van der Waals surface area contributed by atoms with Crippen molar-refractivity contribution < 1.29 is 14.3 Å². The van der Waals surface area contributed by atoms with Crippen molar-refractivity contribution in [3.63, 3.8) is 0 Å². The number of rotatable bonds is 1. The molecular weight excluding hydrogens is 248 g/mol. The minimum Gasteiger partial charge on any atom is -0.468 e. The van der Waals surface area contributed by atoms with Gasteiger partial charge >= 0.3 is 5.97 Å². The Kier molecular flexibility index (Phi) is 1.54. The summed E-state index contributed by atoms with van der Waals surface area (Å²) >= 11 is 3.56. The van der Waals surface area contributed by atoms with Crippen molar-refractivity contribution in [2.24, 2.45) is 5.41 Å². The summed E-state index contributed by atoms with van der Waals surface area (Å²) in [5, 5.41) is 0. The van der Waals surface area contributed by atoms with E-state index in [1.54, 1.807) is 0 Å². The SMILES string of the molecule is COC(=O)[C@]1(Br)[C@H]2C=C[C@H](O2)C12CC2. The number of carbonyl (C=O) groups excluding carboxylic acids is 1. The number of alkyl halides is 1. The molecule has 1 saturated carbocycles. The van der Waals surface area contributed by atoms with E-state index in [0.29, 0.717) is 0 Å². The van der Waals surface area contributed by atoms with Gasteiger partial charge in [0, 0.05) is 5.41 Å². The van der Waals surface area contributed by atoms with E-state index in [1.165, 1.54) is 7.11 Å². The summed E-state index contributed by atoms with van der Waals surface area (Å²) in [6.45, 7) is 0. The van der Waals surface area contributed by atoms with Crippen LogP contribution in [0.1, 0.15) is 12.8 Å². The fourth-order valence-corrected chi connectivity index (χ4v) is 3.78. The lowest BCUT2D eigenvalue weighted by molar-refractivity contribution is -0.145. The summed E-state index contributed by atoms with van der Waals surface area (Å²) in [6, 6.07) is 0. The number of methoxy groups -OCH3 is 1. The standard InChI is InChI=1S/C10H11BrO3/c1-13-8(12)10(11)7-3-2-6(14-7)9(10)4-5-9/h2-3,6-7H,4-5H2,1H3/t6-,7+,10+/m0/s1. The first kappa shape index (κ1) is 8.92. The third kappa shape index (κ3) is 0.726. The number of hydrogen-bond donors (Lipinski definition) is 0. The van der Waals surface area contributed by atoms with Gasteiger partial charge in [-0.1, -0.05) is 28.1 Å². The number of ether oxygens (including phenoxy) is 2. The molecule has 0 amide bonds. The first-order chi connectivity index (χ1) is 6.65. The molecule has 2 heterocycles. The second-order valence-electron chi connectivity index (χ2n) is 4.22. The summed E-state index contributed by atoms with van der Waals surface area (Å²) in [4.78, 5) is 11.8. The van der Waals surface area contributed by atoms with Crippen molar-refractivity contribution in [2.45, 2.75) is 29.4 Å². The van der Waals surface area contributed by atoms with Crippen molar-refractivity contribution in [1.82, 2.24) is 0 Å². The minimum atomic E-state index is -0.631. The zero-order valence-electron chi connectivity index (χ0n) is 7.83. The molecule has 3 nitrogen and oxygen atoms in total. The molecule has 0 aromatic heterocycles. The molecule has 3 aliphatic rings. The van der Waals surface area contributed by atoms with Crippen molar-refractivity contribution >= 4 is 21.9 Å². The van der Waals surface area contributed by atoms with Crippen LogP contribution in [0.15, 0.2) is 12.2 Å². The summed E-state index contributed by atoms with van der Waals surface area (Å²) in [5.41, 5.74) is -0.0283. The van der Waals surface area contributed by atoms with Crippen molar-refractivity contribution in [3.05, 3.63) is 12.2 Å². The van der Waals surface area contributed by atoms with Gasteiger partial charge < -0.3 is 9.47 Å². The first-order valence-electron chi connectivity index (χ1n) is 4.76. The van der Waals surface area contributed by atoms with Crippen LogP contribution in [0.4, 0.5) is 0 Å². The molecule has 0 N–H and O–H groups in total. The van der Waals surface area contributed by atoms with Crippen molar-refractivity contribution in [3.8, 4) is 0 Å². The zero-order chi connectivity index (χ0) is 9.97. The zero-order valence-corrected chi connectivity index (χ0v) is 9.41. The van der Waals surface area contributed by atoms with Crippen LogP contribution in [-0.2, 0) is 14.3 Å². The van der Waals surface area contributed by atoms with Gasteiger partial charge in [-0.2, -0.15) is 0 Å². The van der Waals surface area contributed by atoms with Crippen LogP contribution in [0.5, 0.6) is 0 Å². The Morgan fingerprint density at radius 1 is 1.50 bits per heavy atom. The van der Waals surface area contributed by atoms with Crippen LogP contribution in [0.3, 0.4) is 0 Å². The number of fused-ring (bicyclic) bond motifs is 3. The maximum atomic E-state index is 11.8. The first-order valence-corrected chi connectivity index (χ1v) is 5.55. The molecule has 2 aliphatic heterocycles. The Balaban J connectivity index is 2.07. The summed E-state index contributed by atoms with van der Waals surface area (Å²) < 4.78 is 9.96. The largest absolute Gasteiger partial charge is 0.468 e. The Hall–Kier alpha value is -0.350. The lowest BCUT2D eigenvalue weighted by Crippen LogP contribution is -2.49. The van der Waals surface area contributed by atoms with E-state index >= 15 is 0 Å². The number of halogens is 1. The van der Waals surface area contributed by atoms with E-state index < -0.39 is 4.32 Å². The molecule has 76 valence electrons. The number of carbonyl (C=O) groups is 1. The van der Waals surface area contributed by atoms with Gasteiger partial charge in [-0.25, -0.2) is 0 Å². The third-order valence-corrected chi connectivity index (χ3v) is 5.25. The predicted molar refractivity (Wildman–Crippen MR) is 53.1 cm³/mol. The van der Waals surface area contributed by atoms with Crippen LogP contribution in [0.2, 0.25) is 0 Å². The quantitative estimate of drug-likeness (QED) is 0.406. The highest BCUT2D eigenvalue weighted by Crippen LogP contribution is 2.69. The monoisotopic (exact) mass is 258 g/mol. The molecule has 14 heavy (non-hydrogen) atoms. The van der Waals surface area contributed by atoms with Crippen LogP contribution >= 0.6 is 15.9 Å². The number of hydrogen-bond acceptors (Lipinski definition) is 3. The van der Waals surface area contributed by atoms with E-state index in [9.17, 15) is 4.79 Å². The molecule has 1 aliphatic carbocycles. The second kappa shape index (κ2) is 2.42. The van der Waals surface area contributed by atoms with Gasteiger partial charge in [-0.15, -0.1) is 0 Å². The van der Waals surface area contributed by atoms with Crippen molar-refractivity contribution in [1.29, 1.82) is 0 Å². The highest BCUT2D eigenvalue weighted by Gasteiger charge is 2.75. The Labute approximate surface area is 90.6 Å². The fourth-order valence-electron chi connectivity index (χ4n) is 2.73. The summed E-state index contributed by atoms with van der Waals surface area (Å²) in [5.74, 6) is -0.202. The molecule has 0 radical (unpaired) electrons. The smallest absolute Gasteiger partial charge is 0.326 e. The molecule has 0 aromatic carbocycles. The van der Waals surface area contributed by atoms with E-state index in [2.05, 4.69) is 22.0 Å². The van der Waals surface area contributed by atoms with Gasteiger partial charge in [-0.05, 0) is 12.8 Å². The molecule has 3 atom stereocenters. The van der Waals surface area contributed by atoms with E-state index in [0.717, 1.165) is 12.8 Å². The minimum absolute atomic E-state index is 0.0283. The van der Waals surface area contributed by atoms with Gasteiger partial charge in [0.25, 0.3) is 0 Å². The van der Waals surface area contributed by atoms with E-state index in [1.807, 2.05) is 6.08 Å². The highest BCUT2D eigenvalue weighted by atomic mass is 79.9. The summed E-state index contributed by atoms with van der Waals surface area (Å²) in [6.07, 6.45) is 6.06. The Bertz CT molecular complexity index is 334. The number of esters is 1. The second-order valence-corrected chi connectivity index (χ2v) is 5.47. The van der Waals surface area contributed by atoms with Gasteiger partial charge in [-0.3, -0.25) is 4.79 Å². The predicted octanol–water partition coefficient (Wildman–Crippen LogP) is 1.41. The normalized spacial score (nSPS) is 45.9. The Morgan fingerprint density at radius 3 is 2.71 bits per heavy atom. The van der Waals surface area contributed by atoms with E-state index in [4.69, 9.17) is 9.47 Å². The molecule has 2 fully saturated rings. The summed E-state index contributed by atoms with van der Waals surface area (Å²) in [7, 11) is 1.43. The molecule has 1 saturated heterocycles. The molecular formula is C10H11BrO3. The fraction of sp³-hybridized carbons (Fsp3) is 0.700. The molecule has 1 spiro atoms. The molecule has 2 bridgehead atoms. The maximum absolute atomic E-state index is 11.8. The van der Waals surface area contributed by atoms with Gasteiger partial charge in [0.1, 0.15) is 6.10 Å². The van der Waals surface area contributed by atoms with Crippen LogP contribution < -0.4 is 0 Å². The van der Waals surface area contributed by atoms with Gasteiger partial charge in [0.2, 0.25) is 0 Å². The van der Waals surface area contributed by atoms with Gasteiger partial charge in [0.05, 0.1) is 13.2 Å². The molecule has 0 aromatic rings. The average molecular weight is 259 g/mol. The highest BCUT2D eigenvalue weighted by molar-refractivity contribution is 9.10. The van der Waals surface area contributed by atoms with Gasteiger partial charge in [0.15, 0.2) is 4.32 Å². The maximum Gasteiger partial charge on any atom is 0.326 e. The lowest BCUT2D eigenvalue weighted by atomic mass is 9.80. The average Bonchev–Trinajstić information content (AvgIpc) is 2.78. The van der Waals surface area contributed by atoms with Crippen LogP contribution in [-0.4, -0.2) is 29.6 Å². The lowest BCUT2D eigenvalue weighted by Gasteiger charge is -2.31. The molecule has 3 rings (SSSR count). The van der Waals surface area contributed by atoms with Crippen LogP contribution in [0, 0.1) is 5.41 Å². The topological polar surface area (TPSA) is 35.5 Å². The molecule has 0 unspecified atom stereocenters. The van der Waals surface area contributed by atoms with Crippen molar-refractivity contribution in [2.75, 3.05) is 7.11 Å². The van der Waals surface area contributed by atoms with E-state index in [-0.39, 0.29) is 23.6 Å².